The summed E-state index contributed by atoms with van der Waals surface area (Å²) >= 11 is 0. The predicted octanol–water partition coefficient (Wildman–Crippen LogP) is 2.76. The van der Waals surface area contributed by atoms with Crippen molar-refractivity contribution >= 4 is 5.84 Å². The molecule has 1 atom stereocenters. The number of benzene rings is 1. The van der Waals surface area contributed by atoms with Crippen LogP contribution in [0.25, 0.3) is 0 Å². The van der Waals surface area contributed by atoms with Gasteiger partial charge in [-0.05, 0) is 49.8 Å². The Hall–Kier alpha value is -1.55. The van der Waals surface area contributed by atoms with Gasteiger partial charge < -0.3 is 16.3 Å². The number of rotatable bonds is 5. The summed E-state index contributed by atoms with van der Waals surface area (Å²) in [5, 5.41) is 15.4. The molecule has 0 amide bonds. The molecule has 1 aromatic carbocycles. The molecular formula is C16H25N3O. The van der Waals surface area contributed by atoms with Crippen molar-refractivity contribution in [3.8, 4) is 0 Å². The van der Waals surface area contributed by atoms with Crippen molar-refractivity contribution in [2.45, 2.75) is 52.1 Å². The molecule has 0 heterocycles. The highest BCUT2D eigenvalue weighted by molar-refractivity contribution is 5.97. The molecule has 1 aromatic rings. The molecule has 1 aliphatic carbocycles. The van der Waals surface area contributed by atoms with Gasteiger partial charge in [-0.25, -0.2) is 0 Å². The van der Waals surface area contributed by atoms with E-state index in [1.165, 1.54) is 36.8 Å². The third kappa shape index (κ3) is 3.51. The summed E-state index contributed by atoms with van der Waals surface area (Å²) in [6.07, 6.45) is 5.47. The highest BCUT2D eigenvalue weighted by atomic mass is 16.4. The molecule has 0 unspecified atom stereocenters. The second-order valence-corrected chi connectivity index (χ2v) is 5.84. The Balaban J connectivity index is 1.96. The van der Waals surface area contributed by atoms with Gasteiger partial charge in [0.25, 0.3) is 0 Å². The Morgan fingerprint density at radius 3 is 2.75 bits per heavy atom. The van der Waals surface area contributed by atoms with Gasteiger partial charge in [0, 0.05) is 18.2 Å². The molecule has 0 saturated heterocycles. The number of nitrogens with two attached hydrogens (primary N) is 1. The summed E-state index contributed by atoms with van der Waals surface area (Å²) in [7, 11) is 0. The van der Waals surface area contributed by atoms with Gasteiger partial charge in [-0.1, -0.05) is 30.1 Å². The zero-order valence-electron chi connectivity index (χ0n) is 12.4. The number of oxime groups is 1. The topological polar surface area (TPSA) is 70.6 Å². The highest BCUT2D eigenvalue weighted by Crippen LogP contribution is 2.27. The van der Waals surface area contributed by atoms with Crippen LogP contribution in [-0.2, 0) is 6.54 Å². The van der Waals surface area contributed by atoms with Gasteiger partial charge in [0.2, 0.25) is 0 Å². The fourth-order valence-electron chi connectivity index (χ4n) is 3.01. The van der Waals surface area contributed by atoms with E-state index in [1.54, 1.807) is 0 Å². The van der Waals surface area contributed by atoms with E-state index in [1.807, 2.05) is 12.1 Å². The van der Waals surface area contributed by atoms with Crippen molar-refractivity contribution in [2.75, 3.05) is 0 Å². The van der Waals surface area contributed by atoms with Crippen LogP contribution >= 0.6 is 0 Å². The number of nitrogens with zero attached hydrogens (tertiary/aromatic N) is 1. The van der Waals surface area contributed by atoms with E-state index >= 15 is 0 Å². The number of hydrogen-bond donors (Lipinski definition) is 3. The molecule has 0 aliphatic heterocycles. The van der Waals surface area contributed by atoms with E-state index in [-0.39, 0.29) is 5.84 Å². The van der Waals surface area contributed by atoms with Crippen molar-refractivity contribution in [2.24, 2.45) is 16.8 Å². The second-order valence-electron chi connectivity index (χ2n) is 5.84. The van der Waals surface area contributed by atoms with E-state index in [9.17, 15) is 0 Å². The maximum absolute atomic E-state index is 8.70. The average Bonchev–Trinajstić information content (AvgIpc) is 2.99. The number of nitrogens with one attached hydrogen (secondary N) is 1. The smallest absolute Gasteiger partial charge is 0.170 e. The lowest BCUT2D eigenvalue weighted by molar-refractivity contribution is 0.318. The minimum Gasteiger partial charge on any atom is -0.409 e. The highest BCUT2D eigenvalue weighted by Gasteiger charge is 2.20. The van der Waals surface area contributed by atoms with E-state index in [0.29, 0.717) is 6.04 Å². The van der Waals surface area contributed by atoms with Crippen LogP contribution in [0.3, 0.4) is 0 Å². The molecule has 1 saturated carbocycles. The largest absolute Gasteiger partial charge is 0.409 e. The first-order valence-electron chi connectivity index (χ1n) is 7.42. The van der Waals surface area contributed by atoms with Crippen LogP contribution in [0.5, 0.6) is 0 Å². The van der Waals surface area contributed by atoms with Crippen LogP contribution in [0.2, 0.25) is 0 Å². The monoisotopic (exact) mass is 275 g/mol. The first kappa shape index (κ1) is 14.9. The summed E-state index contributed by atoms with van der Waals surface area (Å²) in [6.45, 7) is 5.22. The van der Waals surface area contributed by atoms with Crippen molar-refractivity contribution in [1.29, 1.82) is 0 Å². The van der Waals surface area contributed by atoms with Gasteiger partial charge in [-0.3, -0.25) is 0 Å². The number of amidine groups is 1. The maximum Gasteiger partial charge on any atom is 0.170 e. The predicted molar refractivity (Wildman–Crippen MR) is 81.9 cm³/mol. The lowest BCUT2D eigenvalue weighted by Gasteiger charge is -2.21. The Bertz CT molecular complexity index is 479. The van der Waals surface area contributed by atoms with Gasteiger partial charge in [-0.2, -0.15) is 0 Å². The SMILES string of the molecule is Cc1cc(/C(N)=N/O)ccc1CN[C@H](C)C1CCCC1. The minimum atomic E-state index is 0.159. The van der Waals surface area contributed by atoms with E-state index in [0.717, 1.165) is 18.0 Å². The zero-order valence-corrected chi connectivity index (χ0v) is 12.4. The average molecular weight is 275 g/mol. The van der Waals surface area contributed by atoms with Crippen LogP contribution in [0.4, 0.5) is 0 Å². The molecule has 2 rings (SSSR count). The van der Waals surface area contributed by atoms with Crippen molar-refractivity contribution in [1.82, 2.24) is 5.32 Å². The molecule has 1 fully saturated rings. The van der Waals surface area contributed by atoms with Crippen LogP contribution in [-0.4, -0.2) is 17.1 Å². The molecule has 20 heavy (non-hydrogen) atoms. The molecule has 0 bridgehead atoms. The molecule has 4 heteroatoms. The Labute approximate surface area is 121 Å². The second kappa shape index (κ2) is 6.75. The Kier molecular flexibility index (Phi) is 5.01. The molecule has 0 spiro atoms. The molecule has 4 nitrogen and oxygen atoms in total. The summed E-state index contributed by atoms with van der Waals surface area (Å²) in [5.74, 6) is 0.985. The van der Waals surface area contributed by atoms with Crippen LogP contribution < -0.4 is 11.1 Å². The zero-order chi connectivity index (χ0) is 14.5. The maximum atomic E-state index is 8.70. The lowest BCUT2D eigenvalue weighted by atomic mass is 9.99. The quantitative estimate of drug-likeness (QED) is 0.335. The summed E-state index contributed by atoms with van der Waals surface area (Å²) in [4.78, 5) is 0. The third-order valence-electron chi connectivity index (χ3n) is 4.47. The van der Waals surface area contributed by atoms with Gasteiger partial charge in [0.15, 0.2) is 5.84 Å². The first-order valence-corrected chi connectivity index (χ1v) is 7.42. The normalized spacial score (nSPS) is 18.4. The Morgan fingerprint density at radius 1 is 1.45 bits per heavy atom. The number of hydrogen-bond acceptors (Lipinski definition) is 3. The van der Waals surface area contributed by atoms with Crippen molar-refractivity contribution < 1.29 is 5.21 Å². The fraction of sp³-hybridized carbons (Fsp3) is 0.562. The van der Waals surface area contributed by atoms with Crippen molar-refractivity contribution in [3.05, 3.63) is 34.9 Å². The minimum absolute atomic E-state index is 0.159. The Morgan fingerprint density at radius 2 is 2.15 bits per heavy atom. The van der Waals surface area contributed by atoms with Crippen LogP contribution in [0.1, 0.15) is 49.3 Å². The van der Waals surface area contributed by atoms with Crippen molar-refractivity contribution in [3.63, 3.8) is 0 Å². The van der Waals surface area contributed by atoms with Gasteiger partial charge >= 0.3 is 0 Å². The summed E-state index contributed by atoms with van der Waals surface area (Å²) < 4.78 is 0. The van der Waals surface area contributed by atoms with E-state index in [2.05, 4.69) is 30.4 Å². The van der Waals surface area contributed by atoms with E-state index < -0.39 is 0 Å². The molecule has 1 aliphatic rings. The summed E-state index contributed by atoms with van der Waals surface area (Å²) in [6, 6.07) is 6.49. The fourth-order valence-corrected chi connectivity index (χ4v) is 3.01. The molecule has 4 N–H and O–H groups in total. The standard InChI is InChI=1S/C16H25N3O/c1-11-9-14(16(17)19-20)7-8-15(11)10-18-12(2)13-5-3-4-6-13/h7-9,12-13,18,20H,3-6,10H2,1-2H3,(H2,17,19)/t12-/m1/s1. The first-order chi connectivity index (χ1) is 9.61. The van der Waals surface area contributed by atoms with Crippen LogP contribution in [0.15, 0.2) is 23.4 Å². The molecule has 0 aromatic heterocycles. The van der Waals surface area contributed by atoms with Crippen LogP contribution in [0, 0.1) is 12.8 Å². The molecule has 110 valence electrons. The van der Waals surface area contributed by atoms with Gasteiger partial charge in [0.05, 0.1) is 0 Å². The lowest BCUT2D eigenvalue weighted by Crippen LogP contribution is -2.32. The van der Waals surface area contributed by atoms with E-state index in [4.69, 9.17) is 10.9 Å². The third-order valence-corrected chi connectivity index (χ3v) is 4.47. The van der Waals surface area contributed by atoms with Gasteiger partial charge in [-0.15, -0.1) is 0 Å². The number of aryl methyl sites for hydroxylation is 1. The van der Waals surface area contributed by atoms with Gasteiger partial charge in [0.1, 0.15) is 0 Å². The molecule has 0 radical (unpaired) electrons. The summed E-state index contributed by atoms with van der Waals surface area (Å²) in [5.41, 5.74) is 8.80. The molecular weight excluding hydrogens is 250 g/mol.